The van der Waals surface area contributed by atoms with Crippen LogP contribution in [-0.2, 0) is 17.9 Å². The molecule has 0 saturated carbocycles. The highest BCUT2D eigenvalue weighted by Crippen LogP contribution is 2.19. The number of carbonyl (C=O) groups is 1. The monoisotopic (exact) mass is 359 g/mol. The van der Waals surface area contributed by atoms with E-state index < -0.39 is 0 Å². The fraction of sp³-hybridized carbons (Fsp3) is 0.389. The van der Waals surface area contributed by atoms with Crippen LogP contribution in [0.2, 0.25) is 5.02 Å². The first-order valence-corrected chi connectivity index (χ1v) is 8.79. The van der Waals surface area contributed by atoms with Crippen LogP contribution in [0.5, 0.6) is 0 Å². The van der Waals surface area contributed by atoms with Gasteiger partial charge in [-0.25, -0.2) is 0 Å². The van der Waals surface area contributed by atoms with Crippen molar-refractivity contribution in [1.82, 2.24) is 24.9 Å². The number of carbonyl (C=O) groups excluding carboxylic acids is 1. The molecule has 1 N–H and O–H groups in total. The Labute approximate surface area is 151 Å². The van der Waals surface area contributed by atoms with Crippen molar-refractivity contribution in [3.8, 4) is 0 Å². The second kappa shape index (κ2) is 7.70. The van der Waals surface area contributed by atoms with Crippen LogP contribution in [0.25, 0.3) is 10.9 Å². The van der Waals surface area contributed by atoms with Gasteiger partial charge in [0.2, 0.25) is 5.91 Å². The van der Waals surface area contributed by atoms with Gasteiger partial charge in [-0.3, -0.25) is 14.2 Å². The number of hydrogen-bond acceptors (Lipinski definition) is 3. The van der Waals surface area contributed by atoms with Crippen molar-refractivity contribution in [3.63, 3.8) is 0 Å². The predicted molar refractivity (Wildman–Crippen MR) is 98.7 cm³/mol. The van der Waals surface area contributed by atoms with Gasteiger partial charge in [-0.05, 0) is 44.5 Å². The average molecular weight is 360 g/mol. The summed E-state index contributed by atoms with van der Waals surface area (Å²) in [7, 11) is 0. The Hall–Kier alpha value is -2.34. The van der Waals surface area contributed by atoms with Gasteiger partial charge in [-0.2, -0.15) is 10.2 Å². The van der Waals surface area contributed by atoms with Crippen LogP contribution in [0.4, 0.5) is 0 Å². The van der Waals surface area contributed by atoms with Gasteiger partial charge in [0.1, 0.15) is 0 Å². The molecule has 0 unspecified atom stereocenters. The van der Waals surface area contributed by atoms with Crippen molar-refractivity contribution in [3.05, 3.63) is 46.9 Å². The molecular weight excluding hydrogens is 338 g/mol. The zero-order valence-corrected chi connectivity index (χ0v) is 15.3. The third-order valence-corrected chi connectivity index (χ3v) is 4.36. The van der Waals surface area contributed by atoms with Gasteiger partial charge in [-0.1, -0.05) is 11.6 Å². The molecule has 0 saturated heterocycles. The van der Waals surface area contributed by atoms with Crippen molar-refractivity contribution < 1.29 is 4.79 Å². The van der Waals surface area contributed by atoms with Crippen LogP contribution in [0.3, 0.4) is 0 Å². The standard InChI is InChI=1S/C18H22ClN5O/c1-13-10-14(2)23(22-13)8-3-7-20-18(25)6-9-24-17-5-4-16(19)11-15(17)12-21-24/h4-5,10-12H,3,6-9H2,1-2H3,(H,20,25). The highest BCUT2D eigenvalue weighted by Gasteiger charge is 2.07. The molecule has 2 aromatic heterocycles. The van der Waals surface area contributed by atoms with E-state index in [0.717, 1.165) is 35.3 Å². The summed E-state index contributed by atoms with van der Waals surface area (Å²) in [4.78, 5) is 12.0. The molecule has 0 bridgehead atoms. The van der Waals surface area contributed by atoms with Crippen molar-refractivity contribution in [2.45, 2.75) is 39.8 Å². The molecule has 0 spiro atoms. The first-order valence-electron chi connectivity index (χ1n) is 8.42. The van der Waals surface area contributed by atoms with Crippen molar-refractivity contribution in [1.29, 1.82) is 0 Å². The first kappa shape index (κ1) is 17.5. The summed E-state index contributed by atoms with van der Waals surface area (Å²) >= 11 is 5.97. The summed E-state index contributed by atoms with van der Waals surface area (Å²) in [5.41, 5.74) is 3.16. The van der Waals surface area contributed by atoms with Gasteiger partial charge in [-0.15, -0.1) is 0 Å². The van der Waals surface area contributed by atoms with Crippen LogP contribution in [-0.4, -0.2) is 32.0 Å². The lowest BCUT2D eigenvalue weighted by Gasteiger charge is -2.07. The van der Waals surface area contributed by atoms with E-state index in [9.17, 15) is 4.79 Å². The smallest absolute Gasteiger partial charge is 0.221 e. The number of hydrogen-bond donors (Lipinski definition) is 1. The summed E-state index contributed by atoms with van der Waals surface area (Å²) in [5.74, 6) is 0.0333. The number of fused-ring (bicyclic) bond motifs is 1. The lowest BCUT2D eigenvalue weighted by molar-refractivity contribution is -0.121. The van der Waals surface area contributed by atoms with E-state index in [0.29, 0.717) is 24.5 Å². The van der Waals surface area contributed by atoms with E-state index in [-0.39, 0.29) is 5.91 Å². The SMILES string of the molecule is Cc1cc(C)n(CCCNC(=O)CCn2ncc3cc(Cl)ccc32)n1. The quantitative estimate of drug-likeness (QED) is 0.659. The van der Waals surface area contributed by atoms with Gasteiger partial charge in [0, 0.05) is 35.6 Å². The molecule has 0 aliphatic rings. The highest BCUT2D eigenvalue weighted by atomic mass is 35.5. The van der Waals surface area contributed by atoms with E-state index >= 15 is 0 Å². The Morgan fingerprint density at radius 3 is 2.80 bits per heavy atom. The molecule has 2 heterocycles. The Balaban J connectivity index is 1.42. The summed E-state index contributed by atoms with van der Waals surface area (Å²) < 4.78 is 3.81. The van der Waals surface area contributed by atoms with Crippen molar-refractivity contribution in [2.24, 2.45) is 0 Å². The third kappa shape index (κ3) is 4.39. The fourth-order valence-corrected chi connectivity index (χ4v) is 3.07. The van der Waals surface area contributed by atoms with Gasteiger partial charge >= 0.3 is 0 Å². The number of aryl methyl sites for hydroxylation is 4. The maximum absolute atomic E-state index is 12.0. The number of aromatic nitrogens is 4. The van der Waals surface area contributed by atoms with E-state index in [1.165, 1.54) is 0 Å². The van der Waals surface area contributed by atoms with Crippen LogP contribution in [0, 0.1) is 13.8 Å². The summed E-state index contributed by atoms with van der Waals surface area (Å²) in [5, 5.41) is 13.4. The van der Waals surface area contributed by atoms with Gasteiger partial charge in [0.25, 0.3) is 0 Å². The lowest BCUT2D eigenvalue weighted by atomic mass is 10.2. The van der Waals surface area contributed by atoms with Gasteiger partial charge in [0.15, 0.2) is 0 Å². The molecule has 0 aliphatic carbocycles. The highest BCUT2D eigenvalue weighted by molar-refractivity contribution is 6.31. The molecule has 7 heteroatoms. The third-order valence-electron chi connectivity index (χ3n) is 4.13. The maximum Gasteiger partial charge on any atom is 0.221 e. The zero-order valence-electron chi connectivity index (χ0n) is 14.5. The minimum absolute atomic E-state index is 0.0333. The summed E-state index contributed by atoms with van der Waals surface area (Å²) in [6.45, 7) is 6.03. The zero-order chi connectivity index (χ0) is 17.8. The van der Waals surface area contributed by atoms with Crippen LogP contribution >= 0.6 is 11.6 Å². The minimum Gasteiger partial charge on any atom is -0.356 e. The Bertz CT molecular complexity index is 883. The number of amides is 1. The second-order valence-corrected chi connectivity index (χ2v) is 6.61. The molecule has 6 nitrogen and oxygen atoms in total. The average Bonchev–Trinajstić information content (AvgIpc) is 3.11. The van der Waals surface area contributed by atoms with Crippen LogP contribution < -0.4 is 5.32 Å². The van der Waals surface area contributed by atoms with Gasteiger partial charge in [0.05, 0.1) is 24.0 Å². The number of nitrogens with one attached hydrogen (secondary N) is 1. The molecule has 25 heavy (non-hydrogen) atoms. The van der Waals surface area contributed by atoms with Crippen molar-refractivity contribution in [2.75, 3.05) is 6.54 Å². The topological polar surface area (TPSA) is 64.7 Å². The molecule has 3 rings (SSSR count). The van der Waals surface area contributed by atoms with E-state index in [1.807, 2.05) is 41.4 Å². The summed E-state index contributed by atoms with van der Waals surface area (Å²) in [6, 6.07) is 7.69. The molecule has 0 radical (unpaired) electrons. The minimum atomic E-state index is 0.0333. The molecule has 0 atom stereocenters. The largest absolute Gasteiger partial charge is 0.356 e. The van der Waals surface area contributed by atoms with Crippen molar-refractivity contribution >= 4 is 28.4 Å². The summed E-state index contributed by atoms with van der Waals surface area (Å²) in [6.07, 6.45) is 3.03. The Morgan fingerprint density at radius 1 is 1.20 bits per heavy atom. The lowest BCUT2D eigenvalue weighted by Crippen LogP contribution is -2.26. The Morgan fingerprint density at radius 2 is 2.04 bits per heavy atom. The van der Waals surface area contributed by atoms with Crippen LogP contribution in [0.15, 0.2) is 30.5 Å². The van der Waals surface area contributed by atoms with E-state index in [4.69, 9.17) is 11.6 Å². The van der Waals surface area contributed by atoms with Gasteiger partial charge < -0.3 is 5.32 Å². The molecule has 0 aliphatic heterocycles. The number of nitrogens with zero attached hydrogens (tertiary/aromatic N) is 4. The molecule has 1 amide bonds. The molecular formula is C18H22ClN5O. The van der Waals surface area contributed by atoms with Crippen LogP contribution in [0.1, 0.15) is 24.2 Å². The number of benzene rings is 1. The normalized spacial score (nSPS) is 11.2. The molecule has 1 aromatic carbocycles. The number of rotatable bonds is 7. The van der Waals surface area contributed by atoms with E-state index in [2.05, 4.69) is 21.6 Å². The predicted octanol–water partition coefficient (Wildman–Crippen LogP) is 3.10. The maximum atomic E-state index is 12.0. The molecule has 3 aromatic rings. The second-order valence-electron chi connectivity index (χ2n) is 6.17. The molecule has 0 fully saturated rings. The first-order chi connectivity index (χ1) is 12.0. The fourth-order valence-electron chi connectivity index (χ4n) is 2.89. The molecule has 132 valence electrons. The Kier molecular flexibility index (Phi) is 5.38. The van der Waals surface area contributed by atoms with E-state index in [1.54, 1.807) is 6.20 Å². The number of halogens is 1.